The fraction of sp³-hybridized carbons (Fsp3) is 0.476. The van der Waals surface area contributed by atoms with Gasteiger partial charge in [-0.1, -0.05) is 35.2 Å². The number of carbonyl (C=O) groups is 3. The maximum atomic E-state index is 12.7. The summed E-state index contributed by atoms with van der Waals surface area (Å²) in [5.41, 5.74) is 0.892. The molecular weight excluding hydrogens is 452 g/mol. The number of thioether (sulfide) groups is 1. The maximum Gasteiger partial charge on any atom is 0.410 e. The highest BCUT2D eigenvalue weighted by Gasteiger charge is 2.37. The highest BCUT2D eigenvalue weighted by atomic mass is 32.2. The molecule has 0 bridgehead atoms. The first-order valence-electron chi connectivity index (χ1n) is 10.1. The Hall–Kier alpha value is -2.66. The fourth-order valence-electron chi connectivity index (χ4n) is 3.09. The van der Waals surface area contributed by atoms with Gasteiger partial charge < -0.3 is 9.47 Å². The van der Waals surface area contributed by atoms with Crippen molar-refractivity contribution >= 4 is 46.2 Å². The van der Waals surface area contributed by atoms with Gasteiger partial charge in [-0.15, -0.1) is 10.2 Å². The van der Waals surface area contributed by atoms with E-state index >= 15 is 0 Å². The zero-order valence-electron chi connectivity index (χ0n) is 18.4. The molecule has 1 aromatic heterocycles. The highest BCUT2D eigenvalue weighted by molar-refractivity contribution is 8.00. The van der Waals surface area contributed by atoms with Gasteiger partial charge in [0.25, 0.3) is 0 Å². The molecule has 1 fully saturated rings. The number of benzene rings is 1. The van der Waals surface area contributed by atoms with E-state index in [1.807, 2.05) is 12.1 Å². The number of ether oxygens (including phenoxy) is 2. The van der Waals surface area contributed by atoms with Crippen LogP contribution in [0.2, 0.25) is 0 Å². The minimum atomic E-state index is -0.619. The van der Waals surface area contributed by atoms with Crippen LogP contribution < -0.4 is 5.32 Å². The second kappa shape index (κ2) is 10.3. The molecular formula is C21H26N4O5S2. The smallest absolute Gasteiger partial charge is 0.410 e. The van der Waals surface area contributed by atoms with E-state index in [-0.39, 0.29) is 11.9 Å². The van der Waals surface area contributed by atoms with Crippen LogP contribution in [0.5, 0.6) is 0 Å². The van der Waals surface area contributed by atoms with Crippen molar-refractivity contribution in [3.8, 4) is 0 Å². The van der Waals surface area contributed by atoms with Gasteiger partial charge in [-0.3, -0.25) is 15.0 Å². The quantitative estimate of drug-likeness (QED) is 0.377. The van der Waals surface area contributed by atoms with Gasteiger partial charge in [0.05, 0.1) is 12.7 Å². The third kappa shape index (κ3) is 6.42. The van der Waals surface area contributed by atoms with E-state index in [1.54, 1.807) is 32.9 Å². The van der Waals surface area contributed by atoms with Crippen LogP contribution in [0.25, 0.3) is 0 Å². The zero-order chi connectivity index (χ0) is 23.3. The van der Waals surface area contributed by atoms with Gasteiger partial charge in [-0.25, -0.2) is 9.59 Å². The maximum absolute atomic E-state index is 12.7. The molecule has 0 spiro atoms. The summed E-state index contributed by atoms with van der Waals surface area (Å²) in [6, 6.07) is 6.55. The third-order valence-electron chi connectivity index (χ3n) is 4.56. The first-order valence-corrected chi connectivity index (χ1v) is 11.9. The molecule has 1 aliphatic heterocycles. The van der Waals surface area contributed by atoms with E-state index in [2.05, 4.69) is 15.5 Å². The predicted molar refractivity (Wildman–Crippen MR) is 122 cm³/mol. The van der Waals surface area contributed by atoms with Gasteiger partial charge in [0.2, 0.25) is 11.0 Å². The molecule has 0 radical (unpaired) electrons. The van der Waals surface area contributed by atoms with E-state index in [9.17, 15) is 14.4 Å². The van der Waals surface area contributed by atoms with Crippen LogP contribution in [0.1, 0.15) is 49.5 Å². The number of nitrogens with zero attached hydrogens (tertiary/aromatic N) is 3. The molecule has 11 heteroatoms. The summed E-state index contributed by atoms with van der Waals surface area (Å²) < 4.78 is 10.8. The Labute approximate surface area is 194 Å². The van der Waals surface area contributed by atoms with Crippen LogP contribution in [-0.2, 0) is 20.0 Å². The number of anilines is 1. The number of aromatic nitrogens is 2. The number of carbonyl (C=O) groups excluding carboxylic acids is 3. The molecule has 1 atom stereocenters. The van der Waals surface area contributed by atoms with Gasteiger partial charge in [0.1, 0.15) is 11.6 Å². The minimum Gasteiger partial charge on any atom is -0.465 e. The van der Waals surface area contributed by atoms with Gasteiger partial charge in [-0.2, -0.15) is 0 Å². The molecule has 32 heavy (non-hydrogen) atoms. The molecule has 1 aliphatic rings. The highest BCUT2D eigenvalue weighted by Crippen LogP contribution is 2.29. The van der Waals surface area contributed by atoms with Crippen LogP contribution >= 0.6 is 23.1 Å². The van der Waals surface area contributed by atoms with Crippen LogP contribution in [0.4, 0.5) is 9.93 Å². The van der Waals surface area contributed by atoms with E-state index < -0.39 is 17.7 Å². The van der Waals surface area contributed by atoms with Crippen molar-refractivity contribution in [3.63, 3.8) is 0 Å². The summed E-state index contributed by atoms with van der Waals surface area (Å²) in [5.74, 6) is -0.0281. The van der Waals surface area contributed by atoms with Crippen molar-refractivity contribution in [2.75, 3.05) is 19.0 Å². The Kier molecular flexibility index (Phi) is 7.73. The number of hydrogen-bond acceptors (Lipinski definition) is 9. The Balaban J connectivity index is 1.53. The molecule has 1 unspecified atom stereocenters. The largest absolute Gasteiger partial charge is 0.465 e. The summed E-state index contributed by atoms with van der Waals surface area (Å²) in [6.07, 6.45) is 0.831. The molecule has 2 amide bonds. The van der Waals surface area contributed by atoms with E-state index in [1.165, 1.54) is 35.1 Å². The number of likely N-dealkylation sites (tertiary alicyclic amines) is 1. The summed E-state index contributed by atoms with van der Waals surface area (Å²) in [4.78, 5) is 38.1. The number of amides is 2. The molecule has 2 aromatic rings. The Morgan fingerprint density at radius 2 is 1.94 bits per heavy atom. The lowest BCUT2D eigenvalue weighted by Gasteiger charge is -2.27. The molecule has 1 aromatic carbocycles. The number of rotatable bonds is 6. The lowest BCUT2D eigenvalue weighted by atomic mass is 10.1. The van der Waals surface area contributed by atoms with Crippen molar-refractivity contribution in [3.05, 3.63) is 35.4 Å². The lowest BCUT2D eigenvalue weighted by molar-refractivity contribution is -0.120. The predicted octanol–water partition coefficient (Wildman–Crippen LogP) is 3.96. The molecule has 172 valence electrons. The SMILES string of the molecule is COC(=O)c1ccc(CSc2nnc(NC(=O)C3CCCN3C(=O)OC(C)(C)C)s2)cc1. The van der Waals surface area contributed by atoms with Crippen LogP contribution in [0.15, 0.2) is 28.6 Å². The van der Waals surface area contributed by atoms with Crippen molar-refractivity contribution in [1.82, 2.24) is 15.1 Å². The fourth-order valence-corrected chi connectivity index (χ4v) is 4.80. The Bertz CT molecular complexity index is 971. The van der Waals surface area contributed by atoms with Crippen molar-refractivity contribution < 1.29 is 23.9 Å². The van der Waals surface area contributed by atoms with Crippen LogP contribution in [-0.4, -0.2) is 58.4 Å². The Morgan fingerprint density at radius 1 is 1.22 bits per heavy atom. The number of methoxy groups -OCH3 is 1. The third-order valence-corrected chi connectivity index (χ3v) is 6.60. The first-order chi connectivity index (χ1) is 15.2. The lowest BCUT2D eigenvalue weighted by Crippen LogP contribution is -2.45. The molecule has 0 saturated carbocycles. The molecule has 0 aliphatic carbocycles. The van der Waals surface area contributed by atoms with E-state index in [0.717, 1.165) is 12.0 Å². The molecule has 3 rings (SSSR count). The average molecular weight is 479 g/mol. The van der Waals surface area contributed by atoms with Crippen LogP contribution in [0, 0.1) is 0 Å². The number of hydrogen-bond donors (Lipinski definition) is 1. The summed E-state index contributed by atoms with van der Waals surface area (Å²) in [5, 5.41) is 11.3. The van der Waals surface area contributed by atoms with Crippen molar-refractivity contribution in [2.45, 2.75) is 55.3 Å². The normalized spacial score (nSPS) is 16.0. The van der Waals surface area contributed by atoms with E-state index in [0.29, 0.717) is 33.8 Å². The van der Waals surface area contributed by atoms with Crippen molar-refractivity contribution in [2.24, 2.45) is 0 Å². The number of nitrogens with one attached hydrogen (secondary N) is 1. The van der Waals surface area contributed by atoms with Gasteiger partial charge in [0, 0.05) is 12.3 Å². The standard InChI is InChI=1S/C21H26N4O5S2/c1-21(2,3)30-20(28)25-11-5-6-15(25)16(26)22-18-23-24-19(32-18)31-12-13-7-9-14(10-8-13)17(27)29-4/h7-10,15H,5-6,11-12H2,1-4H3,(H,22,23,26). The number of esters is 1. The summed E-state index contributed by atoms with van der Waals surface area (Å²) in [6.45, 7) is 5.87. The second-order valence-corrected chi connectivity index (χ2v) is 10.4. The molecule has 9 nitrogen and oxygen atoms in total. The Morgan fingerprint density at radius 3 is 2.59 bits per heavy atom. The zero-order valence-corrected chi connectivity index (χ0v) is 20.0. The van der Waals surface area contributed by atoms with Gasteiger partial charge in [-0.05, 0) is 51.3 Å². The molecule has 2 heterocycles. The van der Waals surface area contributed by atoms with Crippen LogP contribution in [0.3, 0.4) is 0 Å². The monoisotopic (exact) mass is 478 g/mol. The summed E-state index contributed by atoms with van der Waals surface area (Å²) in [7, 11) is 1.35. The second-order valence-electron chi connectivity index (χ2n) is 8.17. The minimum absolute atomic E-state index is 0.292. The molecule has 1 N–H and O–H groups in total. The molecule has 1 saturated heterocycles. The summed E-state index contributed by atoms with van der Waals surface area (Å²) >= 11 is 2.75. The first kappa shape index (κ1) is 24.0. The average Bonchev–Trinajstić information content (AvgIpc) is 3.40. The van der Waals surface area contributed by atoms with Crippen molar-refractivity contribution in [1.29, 1.82) is 0 Å². The topological polar surface area (TPSA) is 111 Å². The van der Waals surface area contributed by atoms with Gasteiger partial charge >= 0.3 is 12.1 Å². The van der Waals surface area contributed by atoms with E-state index in [4.69, 9.17) is 9.47 Å². The van der Waals surface area contributed by atoms with Gasteiger partial charge in [0.15, 0.2) is 4.34 Å².